The minimum atomic E-state index is 0.401. The molecule has 0 aliphatic rings. The van der Waals surface area contributed by atoms with Gasteiger partial charge in [0.15, 0.2) is 0 Å². The third-order valence-corrected chi connectivity index (χ3v) is 4.41. The summed E-state index contributed by atoms with van der Waals surface area (Å²) in [5, 5.41) is 4.31. The topological polar surface area (TPSA) is 75.9 Å². The highest BCUT2D eigenvalue weighted by atomic mass is 79.9. The number of para-hydroxylation sites is 1. The Kier molecular flexibility index (Phi) is 3.81. The summed E-state index contributed by atoms with van der Waals surface area (Å²) in [6, 6.07) is 11.9. The minimum absolute atomic E-state index is 0.401. The number of fused-ring (bicyclic) bond motifs is 1. The molecule has 0 amide bonds. The molecule has 20 heavy (non-hydrogen) atoms. The van der Waals surface area contributed by atoms with Crippen molar-refractivity contribution in [2.45, 2.75) is 6.54 Å². The Labute approximate surface area is 128 Å². The van der Waals surface area contributed by atoms with Gasteiger partial charge in [-0.1, -0.05) is 12.1 Å². The highest BCUT2D eigenvalue weighted by Gasteiger charge is 2.07. The average Bonchev–Trinajstić information content (AvgIpc) is 2.90. The molecule has 102 valence electrons. The highest BCUT2D eigenvalue weighted by molar-refractivity contribution is 9.11. The fourth-order valence-electron chi connectivity index (χ4n) is 1.89. The molecule has 2 aromatic heterocycles. The molecule has 2 heterocycles. The van der Waals surface area contributed by atoms with Gasteiger partial charge in [0, 0.05) is 10.3 Å². The fourth-order valence-corrected chi connectivity index (χ4v) is 3.32. The van der Waals surface area contributed by atoms with E-state index in [1.165, 1.54) is 4.88 Å². The first-order chi connectivity index (χ1) is 9.76. The van der Waals surface area contributed by atoms with Crippen LogP contribution in [0.25, 0.3) is 10.9 Å². The molecule has 3 aromatic rings. The van der Waals surface area contributed by atoms with E-state index in [9.17, 15) is 0 Å². The van der Waals surface area contributed by atoms with Crippen molar-refractivity contribution >= 4 is 49.9 Å². The zero-order chi connectivity index (χ0) is 13.9. The van der Waals surface area contributed by atoms with Crippen molar-refractivity contribution in [1.29, 1.82) is 0 Å². The van der Waals surface area contributed by atoms with Crippen LogP contribution in [0.2, 0.25) is 0 Å². The van der Waals surface area contributed by atoms with E-state index in [1.54, 1.807) is 11.3 Å². The molecule has 5 nitrogen and oxygen atoms in total. The maximum Gasteiger partial charge on any atom is 0.239 e. The Morgan fingerprint density at radius 1 is 1.15 bits per heavy atom. The zero-order valence-corrected chi connectivity index (χ0v) is 12.8. The summed E-state index contributed by atoms with van der Waals surface area (Å²) in [6.45, 7) is 0.710. The third kappa shape index (κ3) is 2.74. The molecule has 0 spiro atoms. The van der Waals surface area contributed by atoms with Gasteiger partial charge in [-0.15, -0.1) is 11.3 Å². The Morgan fingerprint density at radius 3 is 2.75 bits per heavy atom. The molecule has 0 bridgehead atoms. The normalized spacial score (nSPS) is 10.7. The monoisotopic (exact) mass is 349 g/mol. The van der Waals surface area contributed by atoms with E-state index >= 15 is 0 Å². The molecule has 3 rings (SSSR count). The van der Waals surface area contributed by atoms with E-state index in [-0.39, 0.29) is 0 Å². The van der Waals surface area contributed by atoms with Gasteiger partial charge >= 0.3 is 0 Å². The van der Waals surface area contributed by atoms with Gasteiger partial charge in [0.2, 0.25) is 5.95 Å². The number of anilines is 2. The van der Waals surface area contributed by atoms with Crippen molar-refractivity contribution in [2.75, 3.05) is 10.7 Å². The molecule has 1 aromatic carbocycles. The molecule has 0 unspecified atom stereocenters. The van der Waals surface area contributed by atoms with E-state index in [1.807, 2.05) is 30.3 Å². The molecule has 0 atom stereocenters. The Morgan fingerprint density at radius 2 is 2.00 bits per heavy atom. The van der Waals surface area contributed by atoms with E-state index in [4.69, 9.17) is 5.84 Å². The highest BCUT2D eigenvalue weighted by Crippen LogP contribution is 2.25. The summed E-state index contributed by atoms with van der Waals surface area (Å²) in [4.78, 5) is 9.92. The molecule has 0 aliphatic heterocycles. The van der Waals surface area contributed by atoms with Gasteiger partial charge in [0.05, 0.1) is 15.8 Å². The quantitative estimate of drug-likeness (QED) is 0.497. The van der Waals surface area contributed by atoms with Crippen LogP contribution in [0.1, 0.15) is 4.88 Å². The standard InChI is InChI=1S/C13H12BrN5S/c14-11-6-5-8(20-11)7-16-12-9-3-1-2-4-10(9)17-13(18-12)19-15/h1-6H,7,15H2,(H2,16,17,18,19). The predicted molar refractivity (Wildman–Crippen MR) is 86.7 cm³/mol. The molecular weight excluding hydrogens is 338 g/mol. The largest absolute Gasteiger partial charge is 0.364 e. The van der Waals surface area contributed by atoms with E-state index in [0.717, 1.165) is 20.5 Å². The molecule has 0 saturated heterocycles. The van der Waals surface area contributed by atoms with Gasteiger partial charge < -0.3 is 5.32 Å². The summed E-state index contributed by atoms with van der Waals surface area (Å²) in [6.07, 6.45) is 0. The van der Waals surface area contributed by atoms with Gasteiger partial charge in [0.25, 0.3) is 0 Å². The summed E-state index contributed by atoms with van der Waals surface area (Å²) >= 11 is 5.15. The smallest absolute Gasteiger partial charge is 0.239 e. The van der Waals surface area contributed by atoms with Crippen LogP contribution in [0.4, 0.5) is 11.8 Å². The number of rotatable bonds is 4. The van der Waals surface area contributed by atoms with Gasteiger partial charge in [-0.25, -0.2) is 10.8 Å². The predicted octanol–water partition coefficient (Wildman–Crippen LogP) is 3.35. The summed E-state index contributed by atoms with van der Waals surface area (Å²) in [5.41, 5.74) is 3.35. The summed E-state index contributed by atoms with van der Waals surface area (Å²) in [7, 11) is 0. The SMILES string of the molecule is NNc1nc(NCc2ccc(Br)s2)c2ccccc2n1. The molecule has 7 heteroatoms. The number of thiophene rings is 1. The number of nitrogens with two attached hydrogens (primary N) is 1. The van der Waals surface area contributed by atoms with Crippen molar-refractivity contribution in [3.8, 4) is 0 Å². The molecule has 0 aliphatic carbocycles. The first-order valence-electron chi connectivity index (χ1n) is 5.98. The second kappa shape index (κ2) is 5.74. The van der Waals surface area contributed by atoms with Crippen LogP contribution in [0.3, 0.4) is 0 Å². The van der Waals surface area contributed by atoms with Crippen molar-refractivity contribution in [1.82, 2.24) is 9.97 Å². The molecule has 4 N–H and O–H groups in total. The second-order valence-electron chi connectivity index (χ2n) is 4.12. The lowest BCUT2D eigenvalue weighted by Gasteiger charge is -2.09. The molecule has 0 fully saturated rings. The molecule has 0 radical (unpaired) electrons. The van der Waals surface area contributed by atoms with Crippen molar-refractivity contribution in [3.63, 3.8) is 0 Å². The van der Waals surface area contributed by atoms with E-state index in [2.05, 4.69) is 42.7 Å². The number of hydrogen-bond acceptors (Lipinski definition) is 6. The Balaban J connectivity index is 1.93. The van der Waals surface area contributed by atoms with E-state index < -0.39 is 0 Å². The van der Waals surface area contributed by atoms with Crippen molar-refractivity contribution in [3.05, 3.63) is 45.1 Å². The molecular formula is C13H12BrN5S. The second-order valence-corrected chi connectivity index (χ2v) is 6.66. The minimum Gasteiger partial charge on any atom is -0.364 e. The van der Waals surface area contributed by atoms with Crippen LogP contribution >= 0.6 is 27.3 Å². The number of hydrogen-bond donors (Lipinski definition) is 3. The van der Waals surface area contributed by atoms with Gasteiger partial charge in [-0.05, 0) is 40.2 Å². The van der Waals surface area contributed by atoms with Crippen molar-refractivity contribution < 1.29 is 0 Å². The first-order valence-corrected chi connectivity index (χ1v) is 7.58. The summed E-state index contributed by atoms with van der Waals surface area (Å²) < 4.78 is 1.12. The van der Waals surface area contributed by atoms with Gasteiger partial charge in [0.1, 0.15) is 5.82 Å². The number of nitrogen functional groups attached to an aromatic ring is 1. The maximum absolute atomic E-state index is 5.41. The fraction of sp³-hybridized carbons (Fsp3) is 0.0769. The van der Waals surface area contributed by atoms with Gasteiger partial charge in [-0.3, -0.25) is 5.43 Å². The number of nitrogens with zero attached hydrogens (tertiary/aromatic N) is 2. The zero-order valence-electron chi connectivity index (χ0n) is 10.4. The Hall–Kier alpha value is -1.70. The molecule has 0 saturated carbocycles. The van der Waals surface area contributed by atoms with Crippen LogP contribution in [-0.4, -0.2) is 9.97 Å². The number of aromatic nitrogens is 2. The van der Waals surface area contributed by atoms with Crippen LogP contribution < -0.4 is 16.6 Å². The number of nitrogens with one attached hydrogen (secondary N) is 2. The number of benzene rings is 1. The summed E-state index contributed by atoms with van der Waals surface area (Å²) in [5.74, 6) is 6.59. The average molecular weight is 350 g/mol. The van der Waals surface area contributed by atoms with Gasteiger partial charge in [-0.2, -0.15) is 4.98 Å². The lowest BCUT2D eigenvalue weighted by atomic mass is 10.2. The van der Waals surface area contributed by atoms with Crippen LogP contribution in [0, 0.1) is 0 Å². The van der Waals surface area contributed by atoms with Crippen LogP contribution in [0.5, 0.6) is 0 Å². The lowest BCUT2D eigenvalue weighted by Crippen LogP contribution is -2.12. The first kappa shape index (κ1) is 13.3. The number of hydrazine groups is 1. The lowest BCUT2D eigenvalue weighted by molar-refractivity contribution is 1.10. The Bertz CT molecular complexity index is 742. The van der Waals surface area contributed by atoms with E-state index in [0.29, 0.717) is 12.5 Å². The van der Waals surface area contributed by atoms with Crippen LogP contribution in [-0.2, 0) is 6.54 Å². The van der Waals surface area contributed by atoms with Crippen molar-refractivity contribution in [2.24, 2.45) is 5.84 Å². The maximum atomic E-state index is 5.41. The van der Waals surface area contributed by atoms with Crippen LogP contribution in [0.15, 0.2) is 40.2 Å². The third-order valence-electron chi connectivity index (χ3n) is 2.79. The number of halogens is 1.